The number of carbonyl (C=O) groups excluding carboxylic acids is 3. The summed E-state index contributed by atoms with van der Waals surface area (Å²) in [7, 11) is 0. The number of fused-ring (bicyclic) bond motifs is 1. The van der Waals surface area contributed by atoms with E-state index in [9.17, 15) is 14.4 Å². The SMILES string of the molecule is O=C1c2ccccc2C(=O)N1CN1C(=O)CS/C1=N\N=C1CCCCC1. The van der Waals surface area contributed by atoms with E-state index in [-0.39, 0.29) is 30.1 Å². The Bertz CT molecular complexity index is 806. The molecular weight excluding hydrogens is 352 g/mol. The fourth-order valence-electron chi connectivity index (χ4n) is 3.29. The molecule has 0 atom stereocenters. The van der Waals surface area contributed by atoms with E-state index in [0.29, 0.717) is 16.3 Å². The van der Waals surface area contributed by atoms with Crippen molar-refractivity contribution in [2.75, 3.05) is 12.4 Å². The van der Waals surface area contributed by atoms with Crippen LogP contribution in [0.15, 0.2) is 34.5 Å². The van der Waals surface area contributed by atoms with Crippen molar-refractivity contribution >= 4 is 40.4 Å². The van der Waals surface area contributed by atoms with Gasteiger partial charge in [-0.05, 0) is 37.8 Å². The molecule has 1 saturated heterocycles. The van der Waals surface area contributed by atoms with Crippen LogP contribution in [0.4, 0.5) is 0 Å². The van der Waals surface area contributed by atoms with Crippen LogP contribution in [-0.2, 0) is 4.79 Å². The van der Waals surface area contributed by atoms with Crippen LogP contribution in [0.25, 0.3) is 0 Å². The lowest BCUT2D eigenvalue weighted by Crippen LogP contribution is -2.43. The summed E-state index contributed by atoms with van der Waals surface area (Å²) in [6, 6.07) is 6.69. The molecular formula is C18H18N4O3S. The predicted molar refractivity (Wildman–Crippen MR) is 99.1 cm³/mol. The third-order valence-corrected chi connectivity index (χ3v) is 5.68. The molecule has 2 heterocycles. The second-order valence-electron chi connectivity index (χ2n) is 6.45. The first-order valence-corrected chi connectivity index (χ1v) is 9.65. The highest BCUT2D eigenvalue weighted by atomic mass is 32.2. The monoisotopic (exact) mass is 370 g/mol. The minimum atomic E-state index is -0.381. The van der Waals surface area contributed by atoms with Gasteiger partial charge in [-0.25, -0.2) is 0 Å². The average Bonchev–Trinajstić information content (AvgIpc) is 3.14. The molecule has 1 saturated carbocycles. The molecule has 0 spiro atoms. The maximum absolute atomic E-state index is 12.5. The minimum absolute atomic E-state index is 0.123. The first-order chi connectivity index (χ1) is 12.6. The van der Waals surface area contributed by atoms with Gasteiger partial charge in [-0.15, -0.1) is 5.10 Å². The Balaban J connectivity index is 1.54. The molecule has 2 aliphatic heterocycles. The molecule has 26 heavy (non-hydrogen) atoms. The molecule has 0 unspecified atom stereocenters. The molecule has 0 bridgehead atoms. The first-order valence-electron chi connectivity index (χ1n) is 8.67. The molecule has 4 rings (SSSR count). The van der Waals surface area contributed by atoms with Crippen LogP contribution < -0.4 is 0 Å². The number of rotatable bonds is 3. The lowest BCUT2D eigenvalue weighted by Gasteiger charge is -2.21. The van der Waals surface area contributed by atoms with E-state index < -0.39 is 0 Å². The molecule has 2 fully saturated rings. The summed E-state index contributed by atoms with van der Waals surface area (Å²) in [5.41, 5.74) is 1.79. The topological polar surface area (TPSA) is 82.4 Å². The Labute approximate surface area is 155 Å². The summed E-state index contributed by atoms with van der Waals surface area (Å²) < 4.78 is 0. The Kier molecular flexibility index (Phi) is 4.58. The van der Waals surface area contributed by atoms with Crippen molar-refractivity contribution in [1.29, 1.82) is 0 Å². The predicted octanol–water partition coefficient (Wildman–Crippen LogP) is 2.49. The summed E-state index contributed by atoms with van der Waals surface area (Å²) in [4.78, 5) is 39.7. The van der Waals surface area contributed by atoms with Gasteiger partial charge in [0, 0.05) is 5.71 Å². The maximum Gasteiger partial charge on any atom is 0.263 e. The molecule has 0 N–H and O–H groups in total. The smallest absolute Gasteiger partial charge is 0.263 e. The summed E-state index contributed by atoms with van der Waals surface area (Å²) >= 11 is 1.29. The van der Waals surface area contributed by atoms with Gasteiger partial charge in [0.15, 0.2) is 5.17 Å². The lowest BCUT2D eigenvalue weighted by atomic mass is 9.99. The second kappa shape index (κ2) is 7.03. The molecule has 3 amide bonds. The van der Waals surface area contributed by atoms with Crippen molar-refractivity contribution in [3.05, 3.63) is 35.4 Å². The number of benzene rings is 1. The Morgan fingerprint density at radius 3 is 2.19 bits per heavy atom. The van der Waals surface area contributed by atoms with Crippen molar-refractivity contribution in [2.45, 2.75) is 32.1 Å². The highest BCUT2D eigenvalue weighted by Crippen LogP contribution is 2.26. The average molecular weight is 370 g/mol. The number of nitrogens with zero attached hydrogens (tertiary/aromatic N) is 4. The lowest BCUT2D eigenvalue weighted by molar-refractivity contribution is -0.124. The van der Waals surface area contributed by atoms with Gasteiger partial charge in [-0.2, -0.15) is 5.10 Å². The fraction of sp³-hybridized carbons (Fsp3) is 0.389. The van der Waals surface area contributed by atoms with E-state index in [1.165, 1.54) is 23.1 Å². The van der Waals surface area contributed by atoms with Crippen molar-refractivity contribution in [2.24, 2.45) is 10.2 Å². The van der Waals surface area contributed by atoms with Gasteiger partial charge < -0.3 is 0 Å². The summed E-state index contributed by atoms with van der Waals surface area (Å²) in [5.74, 6) is -0.692. The molecule has 134 valence electrons. The van der Waals surface area contributed by atoms with E-state index in [4.69, 9.17) is 0 Å². The summed E-state index contributed by atoms with van der Waals surface area (Å²) in [6.45, 7) is -0.123. The van der Waals surface area contributed by atoms with Gasteiger partial charge in [0.2, 0.25) is 5.91 Å². The van der Waals surface area contributed by atoms with E-state index >= 15 is 0 Å². The van der Waals surface area contributed by atoms with Crippen LogP contribution >= 0.6 is 11.8 Å². The fourth-order valence-corrected chi connectivity index (χ4v) is 4.12. The van der Waals surface area contributed by atoms with Crippen LogP contribution in [0.5, 0.6) is 0 Å². The molecule has 0 aromatic heterocycles. The van der Waals surface area contributed by atoms with Gasteiger partial charge in [0.05, 0.1) is 16.9 Å². The van der Waals surface area contributed by atoms with Gasteiger partial charge in [-0.1, -0.05) is 30.3 Å². The Morgan fingerprint density at radius 2 is 1.54 bits per heavy atom. The third kappa shape index (κ3) is 3.05. The standard InChI is InChI=1S/C18H18N4O3S/c23-15-10-26-18(20-19-12-6-2-1-3-7-12)21(15)11-22-16(24)13-8-4-5-9-14(13)17(22)25/h4-5,8-9H,1-3,6-7,10-11H2/b20-18-. The van der Waals surface area contributed by atoms with Crippen molar-refractivity contribution in [3.63, 3.8) is 0 Å². The minimum Gasteiger partial charge on any atom is -0.273 e. The molecule has 7 nitrogen and oxygen atoms in total. The summed E-state index contributed by atoms with van der Waals surface area (Å²) in [5, 5.41) is 9.00. The molecule has 1 aromatic rings. The number of carbonyl (C=O) groups is 3. The third-order valence-electron chi connectivity index (χ3n) is 4.73. The van der Waals surface area contributed by atoms with Gasteiger partial charge in [0.25, 0.3) is 11.8 Å². The van der Waals surface area contributed by atoms with Crippen LogP contribution in [0, 0.1) is 0 Å². The second-order valence-corrected chi connectivity index (χ2v) is 7.39. The number of amides is 3. The zero-order valence-electron chi connectivity index (χ0n) is 14.2. The van der Waals surface area contributed by atoms with Gasteiger partial charge >= 0.3 is 0 Å². The van der Waals surface area contributed by atoms with Crippen molar-refractivity contribution in [3.8, 4) is 0 Å². The number of thioether (sulfide) groups is 1. The van der Waals surface area contributed by atoms with Gasteiger partial charge in [-0.3, -0.25) is 24.2 Å². The van der Waals surface area contributed by atoms with E-state index in [1.54, 1.807) is 24.3 Å². The Morgan fingerprint density at radius 1 is 0.885 bits per heavy atom. The van der Waals surface area contributed by atoms with E-state index in [1.807, 2.05) is 0 Å². The highest BCUT2D eigenvalue weighted by molar-refractivity contribution is 8.15. The Hall–Kier alpha value is -2.48. The zero-order chi connectivity index (χ0) is 18.1. The normalized spacial score (nSPS) is 21.8. The van der Waals surface area contributed by atoms with Crippen LogP contribution in [0.2, 0.25) is 0 Å². The molecule has 0 radical (unpaired) electrons. The molecule has 1 aromatic carbocycles. The highest BCUT2D eigenvalue weighted by Gasteiger charge is 2.39. The van der Waals surface area contributed by atoms with Crippen LogP contribution in [0.1, 0.15) is 52.8 Å². The number of amidine groups is 1. The van der Waals surface area contributed by atoms with Crippen molar-refractivity contribution in [1.82, 2.24) is 9.80 Å². The number of imide groups is 1. The van der Waals surface area contributed by atoms with Crippen molar-refractivity contribution < 1.29 is 14.4 Å². The molecule has 3 aliphatic rings. The zero-order valence-corrected chi connectivity index (χ0v) is 15.0. The van der Waals surface area contributed by atoms with E-state index in [0.717, 1.165) is 36.3 Å². The summed E-state index contributed by atoms with van der Waals surface area (Å²) in [6.07, 6.45) is 5.33. The van der Waals surface area contributed by atoms with Crippen LogP contribution in [0.3, 0.4) is 0 Å². The van der Waals surface area contributed by atoms with Gasteiger partial charge in [0.1, 0.15) is 6.67 Å². The maximum atomic E-state index is 12.5. The largest absolute Gasteiger partial charge is 0.273 e. The number of hydrogen-bond donors (Lipinski definition) is 0. The molecule has 8 heteroatoms. The number of hydrogen-bond acceptors (Lipinski definition) is 6. The van der Waals surface area contributed by atoms with Crippen LogP contribution in [-0.4, -0.2) is 50.8 Å². The first kappa shape index (κ1) is 17.0. The quantitative estimate of drug-likeness (QED) is 0.605. The van der Waals surface area contributed by atoms with E-state index in [2.05, 4.69) is 10.2 Å². The molecule has 1 aliphatic carbocycles.